The summed E-state index contributed by atoms with van der Waals surface area (Å²) >= 11 is 0. The molecule has 0 radical (unpaired) electrons. The fraction of sp³-hybridized carbons (Fsp3) is 0.357. The van der Waals surface area contributed by atoms with Crippen molar-refractivity contribution >= 4 is 0 Å². The molecule has 0 bridgehead atoms. The molecule has 1 aliphatic carbocycles. The van der Waals surface area contributed by atoms with E-state index in [1.54, 1.807) is 0 Å². The van der Waals surface area contributed by atoms with Gasteiger partial charge in [-0.3, -0.25) is 0 Å². The summed E-state index contributed by atoms with van der Waals surface area (Å²) < 4.78 is 13.2. The predicted molar refractivity (Wildman–Crippen MR) is 120 cm³/mol. The van der Waals surface area contributed by atoms with E-state index >= 15 is 0 Å². The Kier molecular flexibility index (Phi) is 5.00. The number of rotatable bonds is 7. The molecule has 1 saturated heterocycles. The van der Waals surface area contributed by atoms with Crippen molar-refractivity contribution in [3.05, 3.63) is 107 Å². The van der Waals surface area contributed by atoms with Crippen LogP contribution in [0.25, 0.3) is 0 Å². The number of fused-ring (bicyclic) bond motifs is 1. The molecule has 0 unspecified atom stereocenters. The Morgan fingerprint density at radius 2 is 1.60 bits per heavy atom. The van der Waals surface area contributed by atoms with E-state index in [1.807, 2.05) is 0 Å². The lowest BCUT2D eigenvalue weighted by Crippen LogP contribution is -2.38. The van der Waals surface area contributed by atoms with Crippen molar-refractivity contribution in [2.75, 3.05) is 13.2 Å². The summed E-state index contributed by atoms with van der Waals surface area (Å²) in [6.45, 7) is 5.94. The van der Waals surface area contributed by atoms with Gasteiger partial charge in [-0.2, -0.15) is 0 Å². The van der Waals surface area contributed by atoms with E-state index in [2.05, 4.69) is 98.8 Å². The molecule has 2 fully saturated rings. The number of hydrogen-bond acceptors (Lipinski definition) is 2. The zero-order valence-corrected chi connectivity index (χ0v) is 17.9. The summed E-state index contributed by atoms with van der Waals surface area (Å²) in [5, 5.41) is 0. The second kappa shape index (κ2) is 7.68. The average Bonchev–Trinajstić information content (AvgIpc) is 3.45. The second-order valence-corrected chi connectivity index (χ2v) is 9.05. The molecule has 2 nitrogen and oxygen atoms in total. The van der Waals surface area contributed by atoms with Crippen LogP contribution < -0.4 is 0 Å². The third-order valence-electron chi connectivity index (χ3n) is 7.30. The molecule has 3 aromatic rings. The lowest BCUT2D eigenvalue weighted by Gasteiger charge is -2.40. The smallest absolute Gasteiger partial charge is 0.0991 e. The highest BCUT2D eigenvalue weighted by Gasteiger charge is 2.74. The van der Waals surface area contributed by atoms with Gasteiger partial charge in [0.15, 0.2) is 0 Å². The average molecular weight is 399 g/mol. The van der Waals surface area contributed by atoms with Crippen molar-refractivity contribution in [1.82, 2.24) is 0 Å². The summed E-state index contributed by atoms with van der Waals surface area (Å²) in [5.41, 5.74) is 4.77. The fourth-order valence-electron chi connectivity index (χ4n) is 5.45. The normalized spacial score (nSPS) is 28.1. The predicted octanol–water partition coefficient (Wildman–Crippen LogP) is 6.25. The second-order valence-electron chi connectivity index (χ2n) is 9.05. The van der Waals surface area contributed by atoms with Gasteiger partial charge in [0.1, 0.15) is 0 Å². The van der Waals surface area contributed by atoms with E-state index in [4.69, 9.17) is 9.47 Å². The van der Waals surface area contributed by atoms with E-state index in [0.29, 0.717) is 12.5 Å². The summed E-state index contributed by atoms with van der Waals surface area (Å²) in [4.78, 5) is 0. The minimum atomic E-state index is -0.335. The molecule has 154 valence electrons. The maximum absolute atomic E-state index is 6.72. The van der Waals surface area contributed by atoms with Crippen LogP contribution in [0, 0.1) is 18.3 Å². The van der Waals surface area contributed by atoms with Crippen LogP contribution in [-0.4, -0.2) is 13.2 Å². The quantitative estimate of drug-likeness (QED) is 0.468. The summed E-state index contributed by atoms with van der Waals surface area (Å²) in [7, 11) is 0. The fourth-order valence-corrected chi connectivity index (χ4v) is 5.45. The zero-order chi connectivity index (χ0) is 20.6. The van der Waals surface area contributed by atoms with Crippen LogP contribution in [-0.2, 0) is 21.5 Å². The van der Waals surface area contributed by atoms with Crippen LogP contribution in [0.4, 0.5) is 0 Å². The summed E-state index contributed by atoms with van der Waals surface area (Å²) in [5.74, 6) is 0.547. The Morgan fingerprint density at radius 3 is 2.27 bits per heavy atom. The summed E-state index contributed by atoms with van der Waals surface area (Å²) in [6.07, 6.45) is 2.11. The van der Waals surface area contributed by atoms with E-state index in [9.17, 15) is 0 Å². The first-order valence-corrected chi connectivity index (χ1v) is 11.0. The number of ether oxygens (including phenoxy) is 2. The van der Waals surface area contributed by atoms with Crippen LogP contribution >= 0.6 is 0 Å². The number of aryl methyl sites for hydroxylation is 1. The molecule has 0 N–H and O–H groups in total. The van der Waals surface area contributed by atoms with Crippen LogP contribution in [0.1, 0.15) is 41.7 Å². The molecule has 5 rings (SSSR count). The minimum absolute atomic E-state index is 0.0136. The molecule has 30 heavy (non-hydrogen) atoms. The van der Waals surface area contributed by atoms with E-state index in [0.717, 1.165) is 19.4 Å². The molecule has 0 aromatic heterocycles. The molecule has 1 saturated carbocycles. The molecule has 2 aliphatic rings. The van der Waals surface area contributed by atoms with Crippen LogP contribution in [0.15, 0.2) is 84.9 Å². The lowest BCUT2D eigenvalue weighted by atomic mass is 9.74. The first-order chi connectivity index (χ1) is 14.6. The number of benzene rings is 3. The van der Waals surface area contributed by atoms with Crippen LogP contribution in [0.3, 0.4) is 0 Å². The Balaban J connectivity index is 1.46. The van der Waals surface area contributed by atoms with Crippen molar-refractivity contribution in [2.45, 2.75) is 38.4 Å². The molecule has 2 heteroatoms. The van der Waals surface area contributed by atoms with E-state index in [1.165, 1.54) is 22.3 Å². The maximum Gasteiger partial charge on any atom is 0.0991 e. The van der Waals surface area contributed by atoms with Gasteiger partial charge in [-0.05, 0) is 49.3 Å². The van der Waals surface area contributed by atoms with Gasteiger partial charge >= 0.3 is 0 Å². The van der Waals surface area contributed by atoms with Gasteiger partial charge in [0.25, 0.3) is 0 Å². The molecule has 0 amide bonds. The highest BCUT2D eigenvalue weighted by molar-refractivity contribution is 5.37. The van der Waals surface area contributed by atoms with Gasteiger partial charge < -0.3 is 9.47 Å². The topological polar surface area (TPSA) is 18.5 Å². The summed E-state index contributed by atoms with van der Waals surface area (Å²) in [6, 6.07) is 30.2. The molecule has 1 heterocycles. The highest BCUT2D eigenvalue weighted by atomic mass is 16.5. The molecule has 4 atom stereocenters. The Morgan fingerprint density at radius 1 is 0.933 bits per heavy atom. The standard InChI is InChI=1S/C28H30O2/c1-21-13-15-24(16-14-21)27(2)28(19-25(28)20-30-27)26(23-11-7-4-8-12-23)29-18-17-22-9-5-3-6-10-22/h3-16,25-26H,17-20H2,1-2H3/t25-,26+,27-,28-/m1/s1. The zero-order valence-electron chi connectivity index (χ0n) is 17.9. The molecular formula is C28H30O2. The third-order valence-corrected chi connectivity index (χ3v) is 7.30. The molecule has 3 aromatic carbocycles. The van der Waals surface area contributed by atoms with Gasteiger partial charge in [0.2, 0.25) is 0 Å². The van der Waals surface area contributed by atoms with Crippen molar-refractivity contribution in [3.63, 3.8) is 0 Å². The maximum atomic E-state index is 6.72. The van der Waals surface area contributed by atoms with Gasteiger partial charge in [-0.25, -0.2) is 0 Å². The Bertz CT molecular complexity index is 982. The SMILES string of the molecule is Cc1ccc([C@@]2(C)OC[C@H]3C[C@]32[C@@H](OCCc2ccccc2)c2ccccc2)cc1. The minimum Gasteiger partial charge on any atom is -0.372 e. The monoisotopic (exact) mass is 398 g/mol. The van der Waals surface area contributed by atoms with Crippen LogP contribution in [0.5, 0.6) is 0 Å². The first-order valence-electron chi connectivity index (χ1n) is 11.0. The number of hydrogen-bond donors (Lipinski definition) is 0. The van der Waals surface area contributed by atoms with Gasteiger partial charge in [-0.15, -0.1) is 0 Å². The highest BCUT2D eigenvalue weighted by Crippen LogP contribution is 2.74. The Labute approximate surface area is 179 Å². The largest absolute Gasteiger partial charge is 0.372 e. The van der Waals surface area contributed by atoms with Crippen molar-refractivity contribution < 1.29 is 9.47 Å². The lowest BCUT2D eigenvalue weighted by molar-refractivity contribution is -0.108. The molecule has 1 aliphatic heterocycles. The van der Waals surface area contributed by atoms with Crippen molar-refractivity contribution in [1.29, 1.82) is 0 Å². The third kappa shape index (κ3) is 3.19. The molecular weight excluding hydrogens is 368 g/mol. The molecule has 0 spiro atoms. The van der Waals surface area contributed by atoms with E-state index in [-0.39, 0.29) is 17.1 Å². The van der Waals surface area contributed by atoms with Gasteiger partial charge in [-0.1, -0.05) is 90.5 Å². The van der Waals surface area contributed by atoms with Crippen molar-refractivity contribution in [3.8, 4) is 0 Å². The Hall–Kier alpha value is -2.42. The first kappa shape index (κ1) is 19.5. The van der Waals surface area contributed by atoms with Gasteiger partial charge in [0.05, 0.1) is 24.9 Å². The van der Waals surface area contributed by atoms with Crippen molar-refractivity contribution in [2.24, 2.45) is 11.3 Å². The van der Waals surface area contributed by atoms with Gasteiger partial charge in [0, 0.05) is 5.41 Å². The van der Waals surface area contributed by atoms with Crippen LogP contribution in [0.2, 0.25) is 0 Å². The van der Waals surface area contributed by atoms with E-state index < -0.39 is 0 Å².